The molecular weight excluding hydrogens is 412 g/mol. The van der Waals surface area contributed by atoms with Crippen molar-refractivity contribution in [2.45, 2.75) is 77.2 Å². The van der Waals surface area contributed by atoms with E-state index in [4.69, 9.17) is 9.47 Å². The zero-order valence-electron chi connectivity index (χ0n) is 20.3. The molecule has 3 fully saturated rings. The fourth-order valence-corrected chi connectivity index (χ4v) is 4.93. The molecule has 32 heavy (non-hydrogen) atoms. The van der Waals surface area contributed by atoms with E-state index in [1.165, 1.54) is 0 Å². The summed E-state index contributed by atoms with van der Waals surface area (Å²) in [5, 5.41) is 0. The van der Waals surface area contributed by atoms with Crippen molar-refractivity contribution in [1.29, 1.82) is 0 Å². The fraction of sp³-hybridized carbons (Fsp3) is 0.870. The number of rotatable bonds is 8. The van der Waals surface area contributed by atoms with Crippen molar-refractivity contribution in [3.8, 4) is 0 Å². The number of carbonyl (C=O) groups excluding carboxylic acids is 3. The van der Waals surface area contributed by atoms with E-state index in [1.54, 1.807) is 4.90 Å². The van der Waals surface area contributed by atoms with Crippen molar-refractivity contribution in [3.63, 3.8) is 0 Å². The third kappa shape index (κ3) is 5.36. The minimum absolute atomic E-state index is 0.0182. The van der Waals surface area contributed by atoms with Crippen LogP contribution in [0.3, 0.4) is 0 Å². The van der Waals surface area contributed by atoms with Gasteiger partial charge in [-0.05, 0) is 47.0 Å². The van der Waals surface area contributed by atoms with Crippen molar-refractivity contribution in [3.05, 3.63) is 0 Å². The number of urea groups is 1. The van der Waals surface area contributed by atoms with E-state index >= 15 is 0 Å². The molecule has 0 N–H and O–H groups in total. The summed E-state index contributed by atoms with van der Waals surface area (Å²) < 4.78 is 11.7. The molecule has 3 atom stereocenters. The Bertz CT molecular complexity index is 702. The van der Waals surface area contributed by atoms with Gasteiger partial charge < -0.3 is 29.1 Å². The monoisotopic (exact) mass is 452 g/mol. The molecule has 4 amide bonds. The Hall–Kier alpha value is -1.87. The number of carbonyl (C=O) groups is 3. The van der Waals surface area contributed by atoms with Crippen molar-refractivity contribution >= 4 is 17.8 Å². The van der Waals surface area contributed by atoms with E-state index < -0.39 is 11.7 Å². The highest BCUT2D eigenvalue weighted by molar-refractivity contribution is 5.85. The zero-order chi connectivity index (χ0) is 23.5. The largest absolute Gasteiger partial charge is 0.366 e. The van der Waals surface area contributed by atoms with Gasteiger partial charge >= 0.3 is 6.03 Å². The summed E-state index contributed by atoms with van der Waals surface area (Å²) in [6, 6.07) is 0.110. The van der Waals surface area contributed by atoms with Crippen LogP contribution < -0.4 is 0 Å². The summed E-state index contributed by atoms with van der Waals surface area (Å²) >= 11 is 0. The molecule has 182 valence electrons. The maximum absolute atomic E-state index is 13.0. The molecule has 9 nitrogen and oxygen atoms in total. The van der Waals surface area contributed by atoms with Crippen molar-refractivity contribution in [1.82, 2.24) is 19.6 Å². The van der Waals surface area contributed by atoms with Crippen LogP contribution in [0.1, 0.15) is 53.4 Å². The van der Waals surface area contributed by atoms with Gasteiger partial charge in [-0.15, -0.1) is 0 Å². The normalized spacial score (nSPS) is 28.7. The van der Waals surface area contributed by atoms with Gasteiger partial charge in [0, 0.05) is 58.3 Å². The van der Waals surface area contributed by atoms with Crippen molar-refractivity contribution in [2.24, 2.45) is 0 Å². The molecule has 3 aliphatic rings. The third-order valence-electron chi connectivity index (χ3n) is 6.99. The van der Waals surface area contributed by atoms with Crippen LogP contribution in [0.4, 0.5) is 4.79 Å². The molecule has 0 radical (unpaired) electrons. The first-order valence-electron chi connectivity index (χ1n) is 12.0. The lowest BCUT2D eigenvalue weighted by molar-refractivity contribution is -0.173. The van der Waals surface area contributed by atoms with Crippen molar-refractivity contribution < 1.29 is 23.9 Å². The molecule has 0 spiro atoms. The SMILES string of the molecule is CC(C)N1CCOC(C)(CCCN2CCOC(CC(C)N3CCCN(C)C3=O)C2=O)C1=O. The molecule has 9 heteroatoms. The predicted molar refractivity (Wildman–Crippen MR) is 120 cm³/mol. The van der Waals surface area contributed by atoms with E-state index in [0.29, 0.717) is 52.1 Å². The molecule has 0 aromatic carbocycles. The van der Waals surface area contributed by atoms with Crippen LogP contribution in [0.5, 0.6) is 0 Å². The van der Waals surface area contributed by atoms with Gasteiger partial charge in [0.25, 0.3) is 11.8 Å². The number of morpholine rings is 2. The van der Waals surface area contributed by atoms with Crippen LogP contribution in [0.25, 0.3) is 0 Å². The number of hydrogen-bond acceptors (Lipinski definition) is 5. The average Bonchev–Trinajstić information content (AvgIpc) is 2.74. The third-order valence-corrected chi connectivity index (χ3v) is 6.99. The maximum atomic E-state index is 13.0. The van der Waals surface area contributed by atoms with Gasteiger partial charge in [-0.2, -0.15) is 0 Å². The van der Waals surface area contributed by atoms with Gasteiger partial charge in [-0.3, -0.25) is 9.59 Å². The van der Waals surface area contributed by atoms with Crippen molar-refractivity contribution in [2.75, 3.05) is 53.0 Å². The molecule has 3 heterocycles. The Kier molecular flexibility index (Phi) is 8.03. The minimum Gasteiger partial charge on any atom is -0.366 e. The molecule has 0 bridgehead atoms. The molecule has 3 saturated heterocycles. The summed E-state index contributed by atoms with van der Waals surface area (Å²) in [5.74, 6) is 0.0145. The highest BCUT2D eigenvalue weighted by atomic mass is 16.5. The lowest BCUT2D eigenvalue weighted by Crippen LogP contribution is -2.57. The molecule has 3 unspecified atom stereocenters. The standard InChI is InChI=1S/C23H40N4O5/c1-17(2)26-13-15-32-23(4,21(26)29)8-6-10-25-12-14-31-19(20(25)28)16-18(3)27-11-7-9-24(5)22(27)30/h17-19H,6-16H2,1-5H3. The average molecular weight is 453 g/mol. The second-order valence-electron chi connectivity index (χ2n) is 9.80. The van der Waals surface area contributed by atoms with E-state index in [2.05, 4.69) is 0 Å². The lowest BCUT2D eigenvalue weighted by Gasteiger charge is -2.42. The van der Waals surface area contributed by atoms with Gasteiger partial charge in [0.2, 0.25) is 0 Å². The smallest absolute Gasteiger partial charge is 0.319 e. The van der Waals surface area contributed by atoms with Gasteiger partial charge in [0.15, 0.2) is 0 Å². The predicted octanol–water partition coefficient (Wildman–Crippen LogP) is 1.56. The Labute approximate surface area is 192 Å². The molecule has 3 aliphatic heterocycles. The molecule has 0 aromatic rings. The molecule has 3 rings (SSSR count). The summed E-state index contributed by atoms with van der Waals surface area (Å²) in [6.07, 6.45) is 2.18. The summed E-state index contributed by atoms with van der Waals surface area (Å²) in [5.41, 5.74) is -0.827. The maximum Gasteiger partial charge on any atom is 0.319 e. The van der Waals surface area contributed by atoms with E-state index in [-0.39, 0.29) is 29.9 Å². The zero-order valence-corrected chi connectivity index (χ0v) is 20.3. The second kappa shape index (κ2) is 10.4. The number of nitrogens with zero attached hydrogens (tertiary/aromatic N) is 4. The second-order valence-corrected chi connectivity index (χ2v) is 9.80. The first-order chi connectivity index (χ1) is 15.1. The van der Waals surface area contributed by atoms with Crippen LogP contribution in [0.15, 0.2) is 0 Å². The van der Waals surface area contributed by atoms with Gasteiger partial charge in [0.1, 0.15) is 11.7 Å². The van der Waals surface area contributed by atoms with Gasteiger partial charge in [-0.25, -0.2) is 4.79 Å². The fourth-order valence-electron chi connectivity index (χ4n) is 4.93. The molecule has 0 aromatic heterocycles. The number of ether oxygens (including phenoxy) is 2. The Morgan fingerprint density at radius 3 is 2.50 bits per heavy atom. The van der Waals surface area contributed by atoms with Crippen LogP contribution in [0.2, 0.25) is 0 Å². The van der Waals surface area contributed by atoms with E-state index in [0.717, 1.165) is 19.5 Å². The Balaban J connectivity index is 1.51. The highest BCUT2D eigenvalue weighted by Gasteiger charge is 2.42. The molecular formula is C23H40N4O5. The lowest BCUT2D eigenvalue weighted by atomic mass is 9.95. The summed E-state index contributed by atoms with van der Waals surface area (Å²) in [7, 11) is 1.81. The van der Waals surface area contributed by atoms with Crippen LogP contribution in [-0.2, 0) is 19.1 Å². The molecule has 0 saturated carbocycles. The summed E-state index contributed by atoms with van der Waals surface area (Å²) in [4.78, 5) is 45.6. The number of hydrogen-bond donors (Lipinski definition) is 0. The Morgan fingerprint density at radius 2 is 1.78 bits per heavy atom. The van der Waals surface area contributed by atoms with E-state index in [1.807, 2.05) is 49.4 Å². The van der Waals surface area contributed by atoms with Crippen LogP contribution >= 0.6 is 0 Å². The summed E-state index contributed by atoms with van der Waals surface area (Å²) in [6.45, 7) is 12.2. The number of amides is 4. The molecule has 0 aliphatic carbocycles. The highest BCUT2D eigenvalue weighted by Crippen LogP contribution is 2.26. The first-order valence-corrected chi connectivity index (χ1v) is 12.0. The van der Waals surface area contributed by atoms with Crippen LogP contribution in [0, 0.1) is 0 Å². The van der Waals surface area contributed by atoms with Gasteiger partial charge in [-0.1, -0.05) is 0 Å². The Morgan fingerprint density at radius 1 is 1.03 bits per heavy atom. The first kappa shape index (κ1) is 24.8. The van der Waals surface area contributed by atoms with Gasteiger partial charge in [0.05, 0.1) is 13.2 Å². The van der Waals surface area contributed by atoms with Crippen LogP contribution in [-0.4, -0.2) is 114 Å². The minimum atomic E-state index is -0.827. The quantitative estimate of drug-likeness (QED) is 0.558. The van der Waals surface area contributed by atoms with E-state index in [9.17, 15) is 14.4 Å². The topological polar surface area (TPSA) is 82.6 Å².